The van der Waals surface area contributed by atoms with Crippen molar-refractivity contribution >= 4 is 11.8 Å². The molecule has 1 aromatic carbocycles. The van der Waals surface area contributed by atoms with Crippen LogP contribution >= 0.6 is 0 Å². The van der Waals surface area contributed by atoms with Gasteiger partial charge in [0.2, 0.25) is 0 Å². The third-order valence-electron chi connectivity index (χ3n) is 2.48. The van der Waals surface area contributed by atoms with Crippen LogP contribution in [0.4, 0.5) is 4.39 Å². The molecule has 104 valence electrons. The summed E-state index contributed by atoms with van der Waals surface area (Å²) in [6, 6.07) is 3.80. The summed E-state index contributed by atoms with van der Waals surface area (Å²) in [7, 11) is 0. The van der Waals surface area contributed by atoms with Crippen LogP contribution in [0.2, 0.25) is 0 Å². The van der Waals surface area contributed by atoms with Crippen molar-refractivity contribution in [2.45, 2.75) is 20.0 Å². The molecule has 5 N–H and O–H groups in total. The molecule has 0 heterocycles. The Labute approximate surface area is 109 Å². The van der Waals surface area contributed by atoms with E-state index in [-0.39, 0.29) is 11.7 Å². The highest BCUT2D eigenvalue weighted by molar-refractivity contribution is 5.96. The number of hydrazine groups is 1. The second-order valence-electron chi connectivity index (χ2n) is 4.27. The molecule has 1 aromatic rings. The Morgan fingerprint density at radius 2 is 2.00 bits per heavy atom. The number of ether oxygens (including phenoxy) is 1. The minimum absolute atomic E-state index is 0.0881. The minimum Gasteiger partial charge on any atom is -0.479 e. The molecule has 1 atom stereocenters. The van der Waals surface area contributed by atoms with Gasteiger partial charge in [-0.2, -0.15) is 0 Å². The lowest BCUT2D eigenvalue weighted by Gasteiger charge is -2.21. The lowest BCUT2D eigenvalue weighted by Crippen LogP contribution is -2.45. The van der Waals surface area contributed by atoms with Gasteiger partial charge in [-0.15, -0.1) is 0 Å². The Bertz CT molecular complexity index is 491. The predicted octanol–water partition coefficient (Wildman–Crippen LogP) is 0.318. The van der Waals surface area contributed by atoms with E-state index >= 15 is 0 Å². The normalized spacial score (nSPS) is 12.1. The van der Waals surface area contributed by atoms with Crippen LogP contribution < -0.4 is 21.7 Å². The number of amides is 2. The summed E-state index contributed by atoms with van der Waals surface area (Å²) in [4.78, 5) is 22.8. The Kier molecular flexibility index (Phi) is 4.82. The minimum atomic E-state index is -0.969. The maximum atomic E-state index is 13.5. The summed E-state index contributed by atoms with van der Waals surface area (Å²) in [5, 5.41) is 0. The molecule has 0 aliphatic heterocycles. The second kappa shape index (κ2) is 6.14. The molecule has 0 fully saturated rings. The van der Waals surface area contributed by atoms with E-state index < -0.39 is 29.3 Å². The lowest BCUT2D eigenvalue weighted by atomic mass is 10.1. The predicted molar refractivity (Wildman–Crippen MR) is 66.5 cm³/mol. The van der Waals surface area contributed by atoms with E-state index in [9.17, 15) is 14.0 Å². The zero-order valence-corrected chi connectivity index (χ0v) is 10.6. The molecule has 0 aromatic heterocycles. The molecule has 0 radical (unpaired) electrons. The van der Waals surface area contributed by atoms with Crippen LogP contribution in [0.1, 0.15) is 24.2 Å². The van der Waals surface area contributed by atoms with Crippen LogP contribution in [0.5, 0.6) is 5.75 Å². The Morgan fingerprint density at radius 3 is 2.47 bits per heavy atom. The molecule has 0 saturated carbocycles. The van der Waals surface area contributed by atoms with Gasteiger partial charge in [0.1, 0.15) is 17.1 Å². The molecule has 19 heavy (non-hydrogen) atoms. The van der Waals surface area contributed by atoms with Crippen molar-refractivity contribution in [2.75, 3.05) is 0 Å². The van der Waals surface area contributed by atoms with E-state index in [1.165, 1.54) is 12.1 Å². The zero-order valence-electron chi connectivity index (χ0n) is 10.6. The van der Waals surface area contributed by atoms with Gasteiger partial charge in [0, 0.05) is 0 Å². The number of hydrogen-bond acceptors (Lipinski definition) is 4. The van der Waals surface area contributed by atoms with Crippen molar-refractivity contribution < 1.29 is 18.7 Å². The van der Waals surface area contributed by atoms with Gasteiger partial charge in [-0.1, -0.05) is 19.9 Å². The van der Waals surface area contributed by atoms with Gasteiger partial charge in [-0.3, -0.25) is 15.0 Å². The summed E-state index contributed by atoms with van der Waals surface area (Å²) < 4.78 is 18.9. The van der Waals surface area contributed by atoms with Crippen molar-refractivity contribution in [1.82, 2.24) is 5.43 Å². The van der Waals surface area contributed by atoms with Gasteiger partial charge in [0.25, 0.3) is 11.8 Å². The van der Waals surface area contributed by atoms with Gasteiger partial charge in [0.05, 0.1) is 0 Å². The molecule has 0 saturated heterocycles. The number of halogens is 1. The molecule has 0 aliphatic rings. The maximum absolute atomic E-state index is 13.5. The summed E-state index contributed by atoms with van der Waals surface area (Å²) in [6.07, 6.45) is -0.954. The third kappa shape index (κ3) is 3.41. The van der Waals surface area contributed by atoms with Crippen molar-refractivity contribution in [3.8, 4) is 5.75 Å². The van der Waals surface area contributed by atoms with Crippen LogP contribution in [0.3, 0.4) is 0 Å². The van der Waals surface area contributed by atoms with Crippen LogP contribution in [0.15, 0.2) is 18.2 Å². The van der Waals surface area contributed by atoms with Crippen molar-refractivity contribution in [3.63, 3.8) is 0 Å². The molecule has 1 rings (SSSR count). The fraction of sp³-hybridized carbons (Fsp3) is 0.333. The van der Waals surface area contributed by atoms with Gasteiger partial charge in [-0.05, 0) is 18.1 Å². The Hall–Kier alpha value is -2.15. The number of primary amides is 1. The van der Waals surface area contributed by atoms with Crippen molar-refractivity contribution in [1.29, 1.82) is 0 Å². The SMILES string of the molecule is CC(C)C(Oc1cccc(F)c1C(N)=O)C(=O)NN. The molecule has 2 amide bonds. The topological polar surface area (TPSA) is 107 Å². The zero-order chi connectivity index (χ0) is 14.6. The van der Waals surface area contributed by atoms with Crippen LogP contribution in [0, 0.1) is 11.7 Å². The van der Waals surface area contributed by atoms with E-state index in [2.05, 4.69) is 0 Å². The molecular formula is C12H16FN3O3. The van der Waals surface area contributed by atoms with Crippen LogP contribution in [-0.2, 0) is 4.79 Å². The highest BCUT2D eigenvalue weighted by Gasteiger charge is 2.26. The Balaban J connectivity index is 3.13. The fourth-order valence-corrected chi connectivity index (χ4v) is 1.55. The average molecular weight is 269 g/mol. The number of carbonyl (C=O) groups excluding carboxylic acids is 2. The maximum Gasteiger partial charge on any atom is 0.275 e. The molecule has 1 unspecified atom stereocenters. The van der Waals surface area contributed by atoms with E-state index in [0.717, 1.165) is 6.07 Å². The molecule has 0 aliphatic carbocycles. The van der Waals surface area contributed by atoms with Crippen LogP contribution in [-0.4, -0.2) is 17.9 Å². The fourth-order valence-electron chi connectivity index (χ4n) is 1.55. The summed E-state index contributed by atoms with van der Waals surface area (Å²) in [6.45, 7) is 3.45. The summed E-state index contributed by atoms with van der Waals surface area (Å²) in [5.74, 6) is 2.38. The van der Waals surface area contributed by atoms with Crippen molar-refractivity contribution in [2.24, 2.45) is 17.5 Å². The lowest BCUT2D eigenvalue weighted by molar-refractivity contribution is -0.129. The first-order chi connectivity index (χ1) is 8.88. The first-order valence-corrected chi connectivity index (χ1v) is 5.64. The van der Waals surface area contributed by atoms with E-state index in [0.29, 0.717) is 0 Å². The first-order valence-electron chi connectivity index (χ1n) is 5.64. The quantitative estimate of drug-likeness (QED) is 0.406. The molecule has 0 spiro atoms. The van der Waals surface area contributed by atoms with Crippen molar-refractivity contribution in [3.05, 3.63) is 29.6 Å². The van der Waals surface area contributed by atoms with Gasteiger partial charge in [0.15, 0.2) is 6.10 Å². The number of hydrogen-bond donors (Lipinski definition) is 3. The smallest absolute Gasteiger partial charge is 0.275 e. The van der Waals surface area contributed by atoms with E-state index in [4.69, 9.17) is 16.3 Å². The second-order valence-corrected chi connectivity index (χ2v) is 4.27. The largest absolute Gasteiger partial charge is 0.479 e. The van der Waals surface area contributed by atoms with Gasteiger partial charge >= 0.3 is 0 Å². The number of nitrogens with one attached hydrogen (secondary N) is 1. The highest BCUT2D eigenvalue weighted by atomic mass is 19.1. The standard InChI is InChI=1S/C12H16FN3O3/c1-6(2)10(12(18)16-15)19-8-5-3-4-7(13)9(8)11(14)17/h3-6,10H,15H2,1-2H3,(H2,14,17)(H,16,18). The summed E-state index contributed by atoms with van der Waals surface area (Å²) in [5.41, 5.74) is 6.66. The number of rotatable bonds is 5. The average Bonchev–Trinajstić information content (AvgIpc) is 2.34. The molecular weight excluding hydrogens is 253 g/mol. The summed E-state index contributed by atoms with van der Waals surface area (Å²) >= 11 is 0. The first kappa shape index (κ1) is 14.9. The number of nitrogens with two attached hydrogens (primary N) is 2. The van der Waals surface area contributed by atoms with Gasteiger partial charge in [-0.25, -0.2) is 10.2 Å². The third-order valence-corrected chi connectivity index (χ3v) is 2.48. The van der Waals surface area contributed by atoms with E-state index in [1.54, 1.807) is 13.8 Å². The van der Waals surface area contributed by atoms with Gasteiger partial charge < -0.3 is 10.5 Å². The van der Waals surface area contributed by atoms with E-state index in [1.807, 2.05) is 5.43 Å². The Morgan fingerprint density at radius 1 is 1.37 bits per heavy atom. The molecule has 0 bridgehead atoms. The molecule has 6 nitrogen and oxygen atoms in total. The number of benzene rings is 1. The molecule has 7 heteroatoms. The highest BCUT2D eigenvalue weighted by Crippen LogP contribution is 2.23. The van der Waals surface area contributed by atoms with Crippen LogP contribution in [0.25, 0.3) is 0 Å². The number of carbonyl (C=O) groups is 2. The monoisotopic (exact) mass is 269 g/mol.